The number of hydrogen-bond donors (Lipinski definition) is 0. The van der Waals surface area contributed by atoms with Gasteiger partial charge in [-0.3, -0.25) is 4.40 Å². The van der Waals surface area contributed by atoms with Crippen LogP contribution in [-0.2, 0) is 0 Å². The molecule has 0 aliphatic rings. The molecule has 0 unspecified atom stereocenters. The molecular formula is C52H32N6. The maximum Gasteiger partial charge on any atom is 0.164 e. The average Bonchev–Trinajstić information content (AvgIpc) is 3.86. The van der Waals surface area contributed by atoms with Gasteiger partial charge in [0, 0.05) is 43.9 Å². The Labute approximate surface area is 333 Å². The zero-order valence-electron chi connectivity index (χ0n) is 31.2. The summed E-state index contributed by atoms with van der Waals surface area (Å²) in [6.45, 7) is 0. The van der Waals surface area contributed by atoms with E-state index in [2.05, 4.69) is 142 Å². The Balaban J connectivity index is 1.03. The van der Waals surface area contributed by atoms with Crippen molar-refractivity contribution in [2.24, 2.45) is 0 Å². The molecule has 6 heteroatoms. The van der Waals surface area contributed by atoms with Crippen LogP contribution in [0.4, 0.5) is 0 Å². The zero-order chi connectivity index (χ0) is 38.2. The Kier molecular flexibility index (Phi) is 7.13. The summed E-state index contributed by atoms with van der Waals surface area (Å²) >= 11 is 0. The Morgan fingerprint density at radius 2 is 0.897 bits per heavy atom. The van der Waals surface area contributed by atoms with Crippen LogP contribution in [0, 0.1) is 0 Å². The van der Waals surface area contributed by atoms with Crippen molar-refractivity contribution in [2.45, 2.75) is 0 Å². The van der Waals surface area contributed by atoms with Gasteiger partial charge in [0.25, 0.3) is 0 Å². The summed E-state index contributed by atoms with van der Waals surface area (Å²) in [6, 6.07) is 68.0. The van der Waals surface area contributed by atoms with Gasteiger partial charge in [-0.05, 0) is 59.0 Å². The number of imidazole rings is 1. The van der Waals surface area contributed by atoms with Crippen molar-refractivity contribution in [3.8, 4) is 51.0 Å². The largest absolute Gasteiger partial charge is 0.309 e. The number of fused-ring (bicyclic) bond motifs is 12. The van der Waals surface area contributed by atoms with Gasteiger partial charge in [-0.15, -0.1) is 0 Å². The molecule has 0 spiro atoms. The normalized spacial score (nSPS) is 11.8. The highest BCUT2D eigenvalue weighted by Crippen LogP contribution is 2.41. The van der Waals surface area contributed by atoms with Crippen LogP contribution < -0.4 is 0 Å². The molecule has 0 aliphatic carbocycles. The van der Waals surface area contributed by atoms with Crippen LogP contribution >= 0.6 is 0 Å². The highest BCUT2D eigenvalue weighted by molar-refractivity contribution is 6.27. The number of rotatable bonds is 5. The van der Waals surface area contributed by atoms with Gasteiger partial charge in [-0.1, -0.05) is 152 Å². The first-order valence-electron chi connectivity index (χ1n) is 19.5. The van der Waals surface area contributed by atoms with Crippen LogP contribution in [0.25, 0.3) is 111 Å². The predicted molar refractivity (Wildman–Crippen MR) is 237 cm³/mol. The van der Waals surface area contributed by atoms with Gasteiger partial charge < -0.3 is 4.57 Å². The van der Waals surface area contributed by atoms with Gasteiger partial charge in [0.05, 0.1) is 27.6 Å². The van der Waals surface area contributed by atoms with E-state index in [1.165, 1.54) is 27.1 Å². The van der Waals surface area contributed by atoms with Crippen LogP contribution in [0.15, 0.2) is 194 Å². The Morgan fingerprint density at radius 1 is 0.328 bits per heavy atom. The van der Waals surface area contributed by atoms with Crippen molar-refractivity contribution in [3.63, 3.8) is 0 Å². The fourth-order valence-corrected chi connectivity index (χ4v) is 8.69. The molecule has 58 heavy (non-hydrogen) atoms. The van der Waals surface area contributed by atoms with Crippen molar-refractivity contribution in [3.05, 3.63) is 194 Å². The Morgan fingerprint density at radius 3 is 1.62 bits per heavy atom. The summed E-state index contributed by atoms with van der Waals surface area (Å²) in [5.41, 5.74) is 12.7. The van der Waals surface area contributed by atoms with E-state index in [1.807, 2.05) is 60.7 Å². The van der Waals surface area contributed by atoms with Crippen molar-refractivity contribution in [1.29, 1.82) is 0 Å². The molecule has 4 heterocycles. The first-order valence-corrected chi connectivity index (χ1v) is 19.5. The van der Waals surface area contributed by atoms with Crippen molar-refractivity contribution < 1.29 is 0 Å². The molecule has 6 nitrogen and oxygen atoms in total. The molecule has 12 aromatic rings. The van der Waals surface area contributed by atoms with E-state index >= 15 is 0 Å². The summed E-state index contributed by atoms with van der Waals surface area (Å²) in [5.74, 6) is 1.93. The number of pyridine rings is 1. The minimum Gasteiger partial charge on any atom is -0.309 e. The first kappa shape index (κ1) is 32.3. The Bertz CT molecular complexity index is 3490. The lowest BCUT2D eigenvalue weighted by molar-refractivity contribution is 1.07. The van der Waals surface area contributed by atoms with E-state index in [9.17, 15) is 0 Å². The Hall–Kier alpha value is -7.96. The van der Waals surface area contributed by atoms with Crippen LogP contribution in [0.5, 0.6) is 0 Å². The van der Waals surface area contributed by atoms with E-state index in [4.69, 9.17) is 19.9 Å². The number of nitrogens with zero attached hydrogens (tertiary/aromatic N) is 6. The summed E-state index contributed by atoms with van der Waals surface area (Å²) in [7, 11) is 0. The van der Waals surface area contributed by atoms with Gasteiger partial charge >= 0.3 is 0 Å². The van der Waals surface area contributed by atoms with Crippen molar-refractivity contribution in [2.75, 3.05) is 0 Å². The van der Waals surface area contributed by atoms with E-state index < -0.39 is 0 Å². The lowest BCUT2D eigenvalue weighted by atomic mass is 10.0. The second kappa shape index (κ2) is 12.8. The third kappa shape index (κ3) is 4.98. The summed E-state index contributed by atoms with van der Waals surface area (Å²) in [4.78, 5) is 20.0. The lowest BCUT2D eigenvalue weighted by Gasteiger charge is -2.14. The maximum atomic E-state index is 5.14. The molecule has 0 saturated carbocycles. The molecule has 0 N–H and O–H groups in total. The molecule has 0 saturated heterocycles. The summed E-state index contributed by atoms with van der Waals surface area (Å²) < 4.78 is 4.77. The van der Waals surface area contributed by atoms with E-state index in [-0.39, 0.29) is 0 Å². The number of hydrogen-bond acceptors (Lipinski definition) is 4. The van der Waals surface area contributed by atoms with Crippen LogP contribution in [0.3, 0.4) is 0 Å². The number of para-hydroxylation sites is 3. The minimum atomic E-state index is 0.635. The first-order chi connectivity index (χ1) is 28.8. The molecule has 4 aromatic heterocycles. The second-order valence-corrected chi connectivity index (χ2v) is 14.7. The molecule has 8 aromatic carbocycles. The lowest BCUT2D eigenvalue weighted by Crippen LogP contribution is -2.00. The highest BCUT2D eigenvalue weighted by Gasteiger charge is 2.21. The minimum absolute atomic E-state index is 0.635. The molecule has 270 valence electrons. The van der Waals surface area contributed by atoms with Crippen molar-refractivity contribution in [1.82, 2.24) is 28.9 Å². The standard InChI is InChI=1S/C52H32N6/c1-3-14-34(15-4-1)49-54-50(35-16-5-2-6-17-35)56-51(55-49)37-19-13-18-36(32-37)33-26-28-38(29-27-33)57-44-24-11-9-20-39(44)41-30-31-46-47(48(41)57)40-21-7-8-22-42(40)52-53-43-23-10-12-25-45(43)58(46)52/h1-32H. The quantitative estimate of drug-likeness (QED) is 0.165. The molecule has 0 aliphatic heterocycles. The number of benzene rings is 8. The average molecular weight is 741 g/mol. The summed E-state index contributed by atoms with van der Waals surface area (Å²) in [6.07, 6.45) is 0. The zero-order valence-corrected chi connectivity index (χ0v) is 31.2. The van der Waals surface area contributed by atoms with Gasteiger partial charge in [0.15, 0.2) is 17.5 Å². The second-order valence-electron chi connectivity index (χ2n) is 14.7. The molecule has 12 rings (SSSR count). The number of aromatic nitrogens is 6. The monoisotopic (exact) mass is 740 g/mol. The van der Waals surface area contributed by atoms with Gasteiger partial charge in [0.1, 0.15) is 5.65 Å². The molecular weight excluding hydrogens is 709 g/mol. The molecule has 0 amide bonds. The van der Waals surface area contributed by atoms with Gasteiger partial charge in [0.2, 0.25) is 0 Å². The summed E-state index contributed by atoms with van der Waals surface area (Å²) in [5, 5.41) is 5.97. The molecule has 0 atom stereocenters. The van der Waals surface area contributed by atoms with Crippen LogP contribution in [-0.4, -0.2) is 28.9 Å². The third-order valence-corrected chi connectivity index (χ3v) is 11.3. The molecule has 0 radical (unpaired) electrons. The molecule has 0 bridgehead atoms. The van der Waals surface area contributed by atoms with Crippen LogP contribution in [0.1, 0.15) is 0 Å². The fraction of sp³-hybridized carbons (Fsp3) is 0. The van der Waals surface area contributed by atoms with Gasteiger partial charge in [-0.2, -0.15) is 0 Å². The van der Waals surface area contributed by atoms with Crippen LogP contribution in [0.2, 0.25) is 0 Å². The highest BCUT2D eigenvalue weighted by atomic mass is 15.0. The predicted octanol–water partition coefficient (Wildman–Crippen LogP) is 12.7. The topological polar surface area (TPSA) is 60.9 Å². The SMILES string of the molecule is c1ccc(-c2nc(-c3ccccc3)nc(-c3cccc(-c4ccc(-n5c6ccccc6c6ccc7c(c8ccccc8c8nc9ccccc9n78)c65)cc4)c3)n2)cc1. The molecule has 0 fully saturated rings. The van der Waals surface area contributed by atoms with E-state index in [0.29, 0.717) is 17.5 Å². The maximum absolute atomic E-state index is 5.14. The fourth-order valence-electron chi connectivity index (χ4n) is 8.69. The smallest absolute Gasteiger partial charge is 0.164 e. The van der Waals surface area contributed by atoms with E-state index in [0.717, 1.165) is 66.6 Å². The van der Waals surface area contributed by atoms with Crippen molar-refractivity contribution >= 4 is 60.2 Å². The van der Waals surface area contributed by atoms with E-state index in [1.54, 1.807) is 0 Å². The third-order valence-electron chi connectivity index (χ3n) is 11.3. The van der Waals surface area contributed by atoms with Gasteiger partial charge in [-0.25, -0.2) is 19.9 Å².